The molecular formula is C21H18BrN3O. The number of carbonyl (C=O) groups is 1. The molecule has 0 saturated carbocycles. The molecule has 0 radical (unpaired) electrons. The van der Waals surface area contributed by atoms with Gasteiger partial charge in [-0.25, -0.2) is 5.43 Å². The quantitative estimate of drug-likeness (QED) is 0.478. The number of nitrogens with one attached hydrogen (secondary N) is 1. The van der Waals surface area contributed by atoms with Crippen molar-refractivity contribution < 1.29 is 4.79 Å². The first-order valence-electron chi connectivity index (χ1n) is 8.11. The molecule has 1 N–H and O–H groups in total. The maximum absolute atomic E-state index is 12.0. The van der Waals surface area contributed by atoms with Gasteiger partial charge in [-0.2, -0.15) is 5.10 Å². The number of carbonyl (C=O) groups excluding carboxylic acids is 1. The number of amides is 1. The molecule has 130 valence electrons. The van der Waals surface area contributed by atoms with Crippen LogP contribution in [-0.4, -0.2) is 19.2 Å². The molecule has 0 heterocycles. The predicted octanol–water partition coefficient (Wildman–Crippen LogP) is 4.98. The van der Waals surface area contributed by atoms with Crippen molar-refractivity contribution in [2.75, 3.05) is 11.9 Å². The maximum atomic E-state index is 12.0. The molecule has 0 atom stereocenters. The maximum Gasteiger partial charge on any atom is 0.271 e. The van der Waals surface area contributed by atoms with Crippen molar-refractivity contribution in [3.63, 3.8) is 0 Å². The smallest absolute Gasteiger partial charge is 0.271 e. The summed E-state index contributed by atoms with van der Waals surface area (Å²) in [6.45, 7) is 0. The van der Waals surface area contributed by atoms with Crippen molar-refractivity contribution >= 4 is 39.4 Å². The van der Waals surface area contributed by atoms with Crippen molar-refractivity contribution in [1.82, 2.24) is 5.43 Å². The van der Waals surface area contributed by atoms with E-state index in [1.54, 1.807) is 18.3 Å². The normalized spacial score (nSPS) is 10.7. The monoisotopic (exact) mass is 407 g/mol. The molecule has 3 aromatic rings. The van der Waals surface area contributed by atoms with Crippen LogP contribution in [0.4, 0.5) is 11.4 Å². The first-order chi connectivity index (χ1) is 12.6. The first-order valence-corrected chi connectivity index (χ1v) is 8.90. The van der Waals surface area contributed by atoms with Crippen LogP contribution in [0, 0.1) is 0 Å². The lowest BCUT2D eigenvalue weighted by atomic mass is 10.2. The minimum absolute atomic E-state index is 0.241. The highest BCUT2D eigenvalue weighted by molar-refractivity contribution is 9.10. The lowest BCUT2D eigenvalue weighted by Gasteiger charge is -2.19. The summed E-state index contributed by atoms with van der Waals surface area (Å²) in [6, 6.07) is 25.2. The second kappa shape index (κ2) is 8.45. The zero-order valence-corrected chi connectivity index (χ0v) is 15.8. The van der Waals surface area contributed by atoms with E-state index in [1.165, 1.54) is 0 Å². The van der Waals surface area contributed by atoms with E-state index in [-0.39, 0.29) is 5.91 Å². The standard InChI is InChI=1S/C21H18BrN3O/c1-25(19-5-3-2-4-6-19)20-13-7-16(8-14-20)15-23-24-21(26)17-9-11-18(22)12-10-17/h2-15H,1H3,(H,24,26)/b23-15-. The van der Waals surface area contributed by atoms with E-state index in [4.69, 9.17) is 0 Å². The molecule has 5 heteroatoms. The zero-order chi connectivity index (χ0) is 18.4. The predicted molar refractivity (Wildman–Crippen MR) is 110 cm³/mol. The van der Waals surface area contributed by atoms with Gasteiger partial charge in [0.25, 0.3) is 5.91 Å². The van der Waals surface area contributed by atoms with E-state index in [0.29, 0.717) is 5.56 Å². The number of anilines is 2. The molecule has 0 unspecified atom stereocenters. The molecule has 0 bridgehead atoms. The van der Waals surface area contributed by atoms with Gasteiger partial charge in [-0.05, 0) is 54.1 Å². The van der Waals surface area contributed by atoms with E-state index in [1.807, 2.05) is 61.6 Å². The second-order valence-electron chi connectivity index (χ2n) is 5.69. The molecule has 0 saturated heterocycles. The van der Waals surface area contributed by atoms with Gasteiger partial charge in [0.2, 0.25) is 0 Å². The molecule has 4 nitrogen and oxygen atoms in total. The molecule has 3 rings (SSSR count). The molecule has 0 aliphatic rings. The fraction of sp³-hybridized carbons (Fsp3) is 0.0476. The lowest BCUT2D eigenvalue weighted by molar-refractivity contribution is 0.0955. The lowest BCUT2D eigenvalue weighted by Crippen LogP contribution is -2.17. The summed E-state index contributed by atoms with van der Waals surface area (Å²) in [5.74, 6) is -0.241. The number of para-hydroxylation sites is 1. The number of hydrogen-bond donors (Lipinski definition) is 1. The van der Waals surface area contributed by atoms with E-state index in [0.717, 1.165) is 21.4 Å². The largest absolute Gasteiger partial charge is 0.345 e. The molecule has 3 aromatic carbocycles. The number of halogens is 1. The van der Waals surface area contributed by atoms with Crippen LogP contribution in [0.5, 0.6) is 0 Å². The SMILES string of the molecule is CN(c1ccccc1)c1ccc(/C=N\NC(=O)c2ccc(Br)cc2)cc1. The van der Waals surface area contributed by atoms with Crippen LogP contribution in [0.1, 0.15) is 15.9 Å². The van der Waals surface area contributed by atoms with Crippen LogP contribution in [0.25, 0.3) is 0 Å². The minimum Gasteiger partial charge on any atom is -0.345 e. The molecule has 0 aliphatic heterocycles. The Hall–Kier alpha value is -2.92. The van der Waals surface area contributed by atoms with Gasteiger partial charge in [0.05, 0.1) is 6.21 Å². The summed E-state index contributed by atoms with van der Waals surface area (Å²) in [4.78, 5) is 14.1. The Kier molecular flexibility index (Phi) is 5.81. The molecule has 0 aliphatic carbocycles. The third-order valence-corrected chi connectivity index (χ3v) is 4.44. The first kappa shape index (κ1) is 17.9. The minimum atomic E-state index is -0.241. The zero-order valence-electron chi connectivity index (χ0n) is 14.3. The summed E-state index contributed by atoms with van der Waals surface area (Å²) in [6.07, 6.45) is 1.63. The van der Waals surface area contributed by atoms with Crippen LogP contribution in [0.15, 0.2) is 88.4 Å². The topological polar surface area (TPSA) is 44.7 Å². The van der Waals surface area contributed by atoms with E-state index >= 15 is 0 Å². The van der Waals surface area contributed by atoms with Gasteiger partial charge in [-0.1, -0.05) is 46.3 Å². The van der Waals surface area contributed by atoms with Crippen LogP contribution in [0.3, 0.4) is 0 Å². The van der Waals surface area contributed by atoms with Crippen LogP contribution in [0.2, 0.25) is 0 Å². The number of hydrazone groups is 1. The van der Waals surface area contributed by atoms with Crippen LogP contribution in [-0.2, 0) is 0 Å². The van der Waals surface area contributed by atoms with Gasteiger partial charge in [0.1, 0.15) is 0 Å². The fourth-order valence-electron chi connectivity index (χ4n) is 2.42. The molecule has 26 heavy (non-hydrogen) atoms. The van der Waals surface area contributed by atoms with Crippen molar-refractivity contribution in [2.24, 2.45) is 5.10 Å². The van der Waals surface area contributed by atoms with Crippen LogP contribution >= 0.6 is 15.9 Å². The molecular weight excluding hydrogens is 390 g/mol. The van der Waals surface area contributed by atoms with Crippen molar-refractivity contribution in [3.8, 4) is 0 Å². The van der Waals surface area contributed by atoms with Crippen molar-refractivity contribution in [1.29, 1.82) is 0 Å². The average Bonchev–Trinajstić information content (AvgIpc) is 2.69. The highest BCUT2D eigenvalue weighted by atomic mass is 79.9. The summed E-state index contributed by atoms with van der Waals surface area (Å²) in [7, 11) is 2.02. The van der Waals surface area contributed by atoms with Gasteiger partial charge in [-0.3, -0.25) is 4.79 Å². The Bertz CT molecular complexity index is 891. The summed E-state index contributed by atoms with van der Waals surface area (Å²) < 4.78 is 0.929. The van der Waals surface area contributed by atoms with Crippen molar-refractivity contribution in [2.45, 2.75) is 0 Å². The Balaban J connectivity index is 1.61. The van der Waals surface area contributed by atoms with E-state index in [2.05, 4.69) is 43.5 Å². The van der Waals surface area contributed by atoms with Gasteiger partial charge in [-0.15, -0.1) is 0 Å². The molecule has 0 spiro atoms. The summed E-state index contributed by atoms with van der Waals surface area (Å²) in [5, 5.41) is 4.02. The second-order valence-corrected chi connectivity index (χ2v) is 6.61. The fourth-order valence-corrected chi connectivity index (χ4v) is 2.68. The van der Waals surface area contributed by atoms with Gasteiger partial charge in [0.15, 0.2) is 0 Å². The van der Waals surface area contributed by atoms with E-state index in [9.17, 15) is 4.79 Å². The highest BCUT2D eigenvalue weighted by Gasteiger charge is 2.04. The van der Waals surface area contributed by atoms with Gasteiger partial charge < -0.3 is 4.90 Å². The third-order valence-electron chi connectivity index (χ3n) is 3.91. The number of nitrogens with zero attached hydrogens (tertiary/aromatic N) is 2. The number of rotatable bonds is 5. The Morgan fingerprint density at radius 3 is 2.19 bits per heavy atom. The van der Waals surface area contributed by atoms with Gasteiger partial charge >= 0.3 is 0 Å². The summed E-state index contributed by atoms with van der Waals surface area (Å²) in [5.41, 5.74) is 6.20. The molecule has 0 fully saturated rings. The Morgan fingerprint density at radius 2 is 1.54 bits per heavy atom. The Labute approximate surface area is 161 Å². The summed E-state index contributed by atoms with van der Waals surface area (Å²) >= 11 is 3.34. The van der Waals surface area contributed by atoms with Crippen molar-refractivity contribution in [3.05, 3.63) is 94.5 Å². The number of benzene rings is 3. The highest BCUT2D eigenvalue weighted by Crippen LogP contribution is 2.22. The molecule has 0 aromatic heterocycles. The number of hydrogen-bond acceptors (Lipinski definition) is 3. The third kappa shape index (κ3) is 4.58. The van der Waals surface area contributed by atoms with Crippen LogP contribution < -0.4 is 10.3 Å². The Morgan fingerprint density at radius 1 is 0.923 bits per heavy atom. The van der Waals surface area contributed by atoms with Gasteiger partial charge in [0, 0.05) is 28.5 Å². The average molecular weight is 408 g/mol. The molecule has 1 amide bonds. The van der Waals surface area contributed by atoms with E-state index < -0.39 is 0 Å².